The molecule has 0 atom stereocenters. The van der Waals surface area contributed by atoms with Crippen molar-refractivity contribution in [2.45, 2.75) is 39.3 Å². The van der Waals surface area contributed by atoms with Crippen LogP contribution in [0.3, 0.4) is 0 Å². The molecular weight excluding hydrogens is 306 g/mol. The summed E-state index contributed by atoms with van der Waals surface area (Å²) < 4.78 is 6.41. The Balaban J connectivity index is 1.81. The van der Waals surface area contributed by atoms with Crippen LogP contribution in [0.4, 0.5) is 0 Å². The van der Waals surface area contributed by atoms with Crippen molar-refractivity contribution >= 4 is 15.9 Å². The van der Waals surface area contributed by atoms with E-state index in [1.165, 1.54) is 24.0 Å². The van der Waals surface area contributed by atoms with Crippen molar-refractivity contribution in [1.82, 2.24) is 15.5 Å². The Morgan fingerprint density at radius 3 is 2.63 bits per heavy atom. The quantitative estimate of drug-likeness (QED) is 0.938. The van der Waals surface area contributed by atoms with E-state index in [4.69, 9.17) is 4.52 Å². The van der Waals surface area contributed by atoms with Crippen LogP contribution in [-0.2, 0) is 6.54 Å². The van der Waals surface area contributed by atoms with Gasteiger partial charge in [-0.15, -0.1) is 0 Å². The lowest BCUT2D eigenvalue weighted by atomic mass is 10.1. The maximum atomic E-state index is 5.27. The molecule has 4 nitrogen and oxygen atoms in total. The minimum absolute atomic E-state index is 0.646. The summed E-state index contributed by atoms with van der Waals surface area (Å²) in [5.74, 6) is 1.31. The summed E-state index contributed by atoms with van der Waals surface area (Å²) in [4.78, 5) is 4.44. The minimum Gasteiger partial charge on any atom is -0.338 e. The molecule has 3 rings (SSSR count). The van der Waals surface area contributed by atoms with E-state index in [1.54, 1.807) is 0 Å². The van der Waals surface area contributed by atoms with Crippen molar-refractivity contribution in [3.63, 3.8) is 0 Å². The first kappa shape index (κ1) is 12.8. The number of hydrogen-bond donors (Lipinski definition) is 1. The molecule has 1 heterocycles. The van der Waals surface area contributed by atoms with E-state index in [0.29, 0.717) is 24.3 Å². The number of benzene rings is 1. The number of halogens is 1. The number of aromatic nitrogens is 2. The fourth-order valence-electron chi connectivity index (χ4n) is 2.04. The van der Waals surface area contributed by atoms with Gasteiger partial charge in [0.05, 0.1) is 6.54 Å². The standard InChI is InChI=1S/C14H16BrN3O/c1-8-5-10(6-9(2)13(8)15)14-17-12(19-18-14)7-16-11-3-4-11/h5-6,11,16H,3-4,7H2,1-2H3. The van der Waals surface area contributed by atoms with Gasteiger partial charge in [-0.05, 0) is 49.9 Å². The molecule has 1 aliphatic carbocycles. The molecular formula is C14H16BrN3O. The molecule has 100 valence electrons. The van der Waals surface area contributed by atoms with Crippen LogP contribution in [0.1, 0.15) is 29.9 Å². The average Bonchev–Trinajstić information content (AvgIpc) is 3.10. The van der Waals surface area contributed by atoms with Crippen LogP contribution >= 0.6 is 15.9 Å². The third-order valence-corrected chi connectivity index (χ3v) is 4.53. The Morgan fingerprint density at radius 1 is 1.32 bits per heavy atom. The van der Waals surface area contributed by atoms with Gasteiger partial charge < -0.3 is 9.84 Å². The monoisotopic (exact) mass is 321 g/mol. The lowest BCUT2D eigenvalue weighted by Gasteiger charge is -2.04. The molecule has 1 N–H and O–H groups in total. The van der Waals surface area contributed by atoms with E-state index < -0.39 is 0 Å². The summed E-state index contributed by atoms with van der Waals surface area (Å²) in [6, 6.07) is 4.78. The van der Waals surface area contributed by atoms with Crippen LogP contribution in [0.5, 0.6) is 0 Å². The summed E-state index contributed by atoms with van der Waals surface area (Å²) >= 11 is 3.56. The molecule has 0 spiro atoms. The predicted molar refractivity (Wildman–Crippen MR) is 76.8 cm³/mol. The molecule has 0 bridgehead atoms. The topological polar surface area (TPSA) is 51.0 Å². The smallest absolute Gasteiger partial charge is 0.240 e. The third kappa shape index (κ3) is 2.87. The highest BCUT2D eigenvalue weighted by molar-refractivity contribution is 9.10. The van der Waals surface area contributed by atoms with Crippen LogP contribution in [0.15, 0.2) is 21.1 Å². The summed E-state index contributed by atoms with van der Waals surface area (Å²) in [5, 5.41) is 7.42. The first-order chi connectivity index (χ1) is 9.13. The first-order valence-electron chi connectivity index (χ1n) is 6.46. The van der Waals surface area contributed by atoms with Crippen molar-refractivity contribution in [3.8, 4) is 11.4 Å². The van der Waals surface area contributed by atoms with Crippen LogP contribution in [0.25, 0.3) is 11.4 Å². The summed E-state index contributed by atoms with van der Waals surface area (Å²) in [6.07, 6.45) is 2.51. The van der Waals surface area contributed by atoms with Gasteiger partial charge in [0.15, 0.2) is 0 Å². The zero-order chi connectivity index (χ0) is 13.4. The van der Waals surface area contributed by atoms with Gasteiger partial charge in [0, 0.05) is 16.1 Å². The van der Waals surface area contributed by atoms with Gasteiger partial charge in [-0.3, -0.25) is 0 Å². The SMILES string of the molecule is Cc1cc(-c2noc(CNC3CC3)n2)cc(C)c1Br. The molecule has 0 unspecified atom stereocenters. The molecule has 0 amide bonds. The van der Waals surface area contributed by atoms with Crippen molar-refractivity contribution in [3.05, 3.63) is 33.6 Å². The zero-order valence-electron chi connectivity index (χ0n) is 11.0. The van der Waals surface area contributed by atoms with E-state index in [-0.39, 0.29) is 0 Å². The number of nitrogens with zero attached hydrogens (tertiary/aromatic N) is 2. The lowest BCUT2D eigenvalue weighted by Crippen LogP contribution is -2.15. The molecule has 0 radical (unpaired) electrons. The van der Waals surface area contributed by atoms with Gasteiger partial charge >= 0.3 is 0 Å². The maximum Gasteiger partial charge on any atom is 0.240 e. The molecule has 1 saturated carbocycles. The molecule has 19 heavy (non-hydrogen) atoms. The largest absolute Gasteiger partial charge is 0.338 e. The van der Waals surface area contributed by atoms with Gasteiger partial charge in [-0.2, -0.15) is 4.98 Å². The molecule has 2 aromatic rings. The van der Waals surface area contributed by atoms with E-state index >= 15 is 0 Å². The Labute approximate surface area is 120 Å². The van der Waals surface area contributed by atoms with E-state index in [0.717, 1.165) is 10.0 Å². The summed E-state index contributed by atoms with van der Waals surface area (Å²) in [7, 11) is 0. The minimum atomic E-state index is 0.646. The first-order valence-corrected chi connectivity index (χ1v) is 7.26. The number of hydrogen-bond acceptors (Lipinski definition) is 4. The van der Waals surface area contributed by atoms with Gasteiger partial charge in [0.1, 0.15) is 0 Å². The van der Waals surface area contributed by atoms with Crippen LogP contribution < -0.4 is 5.32 Å². The van der Waals surface area contributed by atoms with Crippen molar-refractivity contribution in [1.29, 1.82) is 0 Å². The third-order valence-electron chi connectivity index (χ3n) is 3.28. The number of nitrogens with one attached hydrogen (secondary N) is 1. The highest BCUT2D eigenvalue weighted by Crippen LogP contribution is 2.27. The van der Waals surface area contributed by atoms with E-state index in [9.17, 15) is 0 Å². The Kier molecular flexibility index (Phi) is 3.41. The van der Waals surface area contributed by atoms with Gasteiger partial charge in [0.25, 0.3) is 0 Å². The molecule has 1 aliphatic rings. The molecule has 5 heteroatoms. The Bertz CT molecular complexity index is 581. The number of rotatable bonds is 4. The van der Waals surface area contributed by atoms with Crippen LogP contribution in [0, 0.1) is 13.8 Å². The van der Waals surface area contributed by atoms with E-state index in [1.807, 2.05) is 0 Å². The normalized spacial score (nSPS) is 14.9. The van der Waals surface area contributed by atoms with Gasteiger partial charge in [0.2, 0.25) is 11.7 Å². The van der Waals surface area contributed by atoms with Gasteiger partial charge in [-0.25, -0.2) is 0 Å². The molecule has 1 fully saturated rings. The fraction of sp³-hybridized carbons (Fsp3) is 0.429. The van der Waals surface area contributed by atoms with Crippen LogP contribution in [-0.4, -0.2) is 16.2 Å². The highest BCUT2D eigenvalue weighted by Gasteiger charge is 2.21. The Morgan fingerprint density at radius 2 is 2.00 bits per heavy atom. The van der Waals surface area contributed by atoms with Crippen molar-refractivity contribution in [2.24, 2.45) is 0 Å². The van der Waals surface area contributed by atoms with Crippen molar-refractivity contribution < 1.29 is 4.52 Å². The van der Waals surface area contributed by atoms with Crippen molar-refractivity contribution in [2.75, 3.05) is 0 Å². The van der Waals surface area contributed by atoms with Crippen LogP contribution in [0.2, 0.25) is 0 Å². The summed E-state index contributed by atoms with van der Waals surface area (Å²) in [6.45, 7) is 4.79. The van der Waals surface area contributed by atoms with E-state index in [2.05, 4.69) is 57.4 Å². The fourth-order valence-corrected chi connectivity index (χ4v) is 2.27. The summed E-state index contributed by atoms with van der Waals surface area (Å²) in [5.41, 5.74) is 3.36. The average molecular weight is 322 g/mol. The lowest BCUT2D eigenvalue weighted by molar-refractivity contribution is 0.367. The molecule has 1 aromatic carbocycles. The van der Waals surface area contributed by atoms with Gasteiger partial charge in [-0.1, -0.05) is 21.1 Å². The zero-order valence-corrected chi connectivity index (χ0v) is 12.6. The predicted octanol–water partition coefficient (Wildman–Crippen LogP) is 3.37. The molecule has 1 aromatic heterocycles. The Hall–Kier alpha value is -1.20. The molecule has 0 aliphatic heterocycles. The number of aryl methyl sites for hydroxylation is 2. The second kappa shape index (κ2) is 5.06. The second-order valence-electron chi connectivity index (χ2n) is 5.09. The highest BCUT2D eigenvalue weighted by atomic mass is 79.9. The maximum absolute atomic E-state index is 5.27. The second-order valence-corrected chi connectivity index (χ2v) is 5.88. The molecule has 0 saturated heterocycles.